The molecular weight excluding hydrogens is 410 g/mol. The van der Waals surface area contributed by atoms with E-state index in [2.05, 4.69) is 10.1 Å². The maximum atomic E-state index is 13.0. The minimum Gasteiger partial charge on any atom is -0.455 e. The number of nitrogens with zero attached hydrogens (tertiary/aromatic N) is 3. The number of aromatic nitrogens is 2. The van der Waals surface area contributed by atoms with Gasteiger partial charge in [-0.2, -0.15) is 4.98 Å². The number of carbonyl (C=O) groups is 2. The summed E-state index contributed by atoms with van der Waals surface area (Å²) in [6, 6.07) is 7.10. The third-order valence-corrected chi connectivity index (χ3v) is 5.96. The molecular formula is C21H24ClN3O5. The van der Waals surface area contributed by atoms with Gasteiger partial charge < -0.3 is 18.9 Å². The Kier molecular flexibility index (Phi) is 6.34. The number of halogens is 1. The lowest BCUT2D eigenvalue weighted by atomic mass is 9.82. The maximum Gasteiger partial charge on any atom is 0.313 e. The molecule has 2 aromatic rings. The lowest BCUT2D eigenvalue weighted by Crippen LogP contribution is -2.44. The fourth-order valence-corrected chi connectivity index (χ4v) is 4.25. The molecule has 2 heterocycles. The Bertz CT molecular complexity index is 904. The number of benzene rings is 1. The first kappa shape index (κ1) is 20.8. The van der Waals surface area contributed by atoms with E-state index in [1.807, 2.05) is 6.07 Å². The van der Waals surface area contributed by atoms with Crippen molar-refractivity contribution in [1.29, 1.82) is 0 Å². The molecule has 0 atom stereocenters. The summed E-state index contributed by atoms with van der Waals surface area (Å²) in [6.45, 7) is 2.08. The van der Waals surface area contributed by atoms with Crippen LogP contribution in [0.15, 0.2) is 28.8 Å². The van der Waals surface area contributed by atoms with Crippen LogP contribution >= 0.6 is 11.6 Å². The predicted molar refractivity (Wildman–Crippen MR) is 107 cm³/mol. The number of carbonyl (C=O) groups excluding carboxylic acids is 2. The number of morpholine rings is 1. The fourth-order valence-electron chi connectivity index (χ4n) is 4.06. The summed E-state index contributed by atoms with van der Waals surface area (Å²) in [5.41, 5.74) is -0.0576. The Hall–Kier alpha value is -2.45. The van der Waals surface area contributed by atoms with Crippen molar-refractivity contribution >= 4 is 23.5 Å². The van der Waals surface area contributed by atoms with E-state index in [1.54, 1.807) is 23.1 Å². The van der Waals surface area contributed by atoms with Crippen molar-refractivity contribution in [3.05, 3.63) is 35.2 Å². The van der Waals surface area contributed by atoms with Gasteiger partial charge in [-0.3, -0.25) is 9.59 Å². The zero-order valence-electron chi connectivity index (χ0n) is 16.6. The molecule has 2 aliphatic rings. The minimum absolute atomic E-state index is 0.0156. The molecule has 4 rings (SSSR count). The average Bonchev–Trinajstić information content (AvgIpc) is 3.43. The van der Waals surface area contributed by atoms with Crippen LogP contribution in [0.2, 0.25) is 5.02 Å². The van der Waals surface area contributed by atoms with Gasteiger partial charge in [-0.25, -0.2) is 0 Å². The zero-order chi connectivity index (χ0) is 21.0. The number of hydrogen-bond acceptors (Lipinski definition) is 7. The molecule has 0 bridgehead atoms. The molecule has 1 amide bonds. The van der Waals surface area contributed by atoms with Gasteiger partial charge in [-0.15, -0.1) is 0 Å². The molecule has 160 valence electrons. The smallest absolute Gasteiger partial charge is 0.313 e. The van der Waals surface area contributed by atoms with Crippen molar-refractivity contribution < 1.29 is 23.6 Å². The number of hydrogen-bond donors (Lipinski definition) is 0. The molecule has 1 aromatic heterocycles. The molecule has 1 aliphatic carbocycles. The van der Waals surface area contributed by atoms with Gasteiger partial charge >= 0.3 is 5.97 Å². The van der Waals surface area contributed by atoms with Gasteiger partial charge in [0.2, 0.25) is 11.7 Å². The van der Waals surface area contributed by atoms with E-state index >= 15 is 0 Å². The largest absolute Gasteiger partial charge is 0.455 e. The Morgan fingerprint density at radius 3 is 2.70 bits per heavy atom. The van der Waals surface area contributed by atoms with Gasteiger partial charge in [0.1, 0.15) is 0 Å². The van der Waals surface area contributed by atoms with E-state index in [0.29, 0.717) is 55.6 Å². The Balaban J connectivity index is 1.38. The lowest BCUT2D eigenvalue weighted by molar-refractivity contribution is -0.162. The van der Waals surface area contributed by atoms with E-state index in [0.717, 1.165) is 12.8 Å². The Morgan fingerprint density at radius 2 is 1.97 bits per heavy atom. The van der Waals surface area contributed by atoms with Crippen molar-refractivity contribution in [2.24, 2.45) is 5.41 Å². The highest BCUT2D eigenvalue weighted by atomic mass is 35.5. The van der Waals surface area contributed by atoms with Crippen molar-refractivity contribution in [1.82, 2.24) is 15.0 Å². The molecule has 30 heavy (non-hydrogen) atoms. The second kappa shape index (κ2) is 9.14. The van der Waals surface area contributed by atoms with Crippen molar-refractivity contribution in [3.8, 4) is 11.4 Å². The highest BCUT2D eigenvalue weighted by molar-refractivity contribution is 6.30. The van der Waals surface area contributed by atoms with Crippen LogP contribution in [0.3, 0.4) is 0 Å². The van der Waals surface area contributed by atoms with Gasteiger partial charge in [0.25, 0.3) is 5.89 Å². The SMILES string of the molecule is O=C(CC1(C(=O)OCc2nc(-c3cccc(Cl)c3)no2)CCCC1)N1CCOCC1. The molecule has 1 saturated heterocycles. The van der Waals surface area contributed by atoms with Gasteiger partial charge in [0.05, 0.1) is 18.6 Å². The second-order valence-corrected chi connectivity index (χ2v) is 8.19. The first-order valence-electron chi connectivity index (χ1n) is 10.2. The van der Waals surface area contributed by atoms with E-state index in [-0.39, 0.29) is 30.8 Å². The Labute approximate surface area is 179 Å². The summed E-state index contributed by atoms with van der Waals surface area (Å²) in [5.74, 6) is 0.190. The zero-order valence-corrected chi connectivity index (χ0v) is 17.4. The molecule has 0 N–H and O–H groups in total. The standard InChI is InChI=1S/C21H24ClN3O5/c22-16-5-3-4-15(12-16)19-23-17(30-24-19)14-29-20(27)21(6-1-2-7-21)13-18(26)25-8-10-28-11-9-25/h3-5,12H,1-2,6-11,13-14H2. The van der Waals surface area contributed by atoms with Crippen LogP contribution in [0.4, 0.5) is 0 Å². The minimum atomic E-state index is -0.773. The quantitative estimate of drug-likeness (QED) is 0.645. The van der Waals surface area contributed by atoms with Gasteiger partial charge in [-0.05, 0) is 25.0 Å². The van der Waals surface area contributed by atoms with Gasteiger partial charge in [-0.1, -0.05) is 41.7 Å². The van der Waals surface area contributed by atoms with Crippen LogP contribution in [0.1, 0.15) is 38.0 Å². The summed E-state index contributed by atoms with van der Waals surface area (Å²) in [6.07, 6.45) is 3.29. The first-order chi connectivity index (χ1) is 14.6. The van der Waals surface area contributed by atoms with E-state index in [9.17, 15) is 9.59 Å². The summed E-state index contributed by atoms with van der Waals surface area (Å²) in [7, 11) is 0. The van der Waals surface area contributed by atoms with Crippen LogP contribution in [0.5, 0.6) is 0 Å². The molecule has 8 nitrogen and oxygen atoms in total. The van der Waals surface area contributed by atoms with Crippen LogP contribution in [-0.2, 0) is 25.7 Å². The number of rotatable bonds is 6. The third kappa shape index (κ3) is 4.65. The summed E-state index contributed by atoms with van der Waals surface area (Å²) in [4.78, 5) is 31.7. The molecule has 9 heteroatoms. The van der Waals surface area contributed by atoms with E-state index in [1.165, 1.54) is 0 Å². The molecule has 0 spiro atoms. The summed E-state index contributed by atoms with van der Waals surface area (Å²) >= 11 is 6.00. The van der Waals surface area contributed by atoms with Crippen LogP contribution < -0.4 is 0 Å². The fraction of sp³-hybridized carbons (Fsp3) is 0.524. The van der Waals surface area contributed by atoms with Crippen molar-refractivity contribution in [3.63, 3.8) is 0 Å². The van der Waals surface area contributed by atoms with Crippen molar-refractivity contribution in [2.75, 3.05) is 26.3 Å². The average molecular weight is 434 g/mol. The third-order valence-electron chi connectivity index (χ3n) is 5.72. The van der Waals surface area contributed by atoms with E-state index in [4.69, 9.17) is 25.6 Å². The topological polar surface area (TPSA) is 94.8 Å². The molecule has 2 fully saturated rings. The second-order valence-electron chi connectivity index (χ2n) is 7.76. The predicted octanol–water partition coefficient (Wildman–Crippen LogP) is 3.24. The number of ether oxygens (including phenoxy) is 2. The first-order valence-corrected chi connectivity index (χ1v) is 10.5. The molecule has 1 aliphatic heterocycles. The van der Waals surface area contributed by atoms with Gasteiger partial charge in [0, 0.05) is 30.1 Å². The maximum absolute atomic E-state index is 13.0. The number of esters is 1. The van der Waals surface area contributed by atoms with Crippen LogP contribution in [0, 0.1) is 5.41 Å². The molecule has 1 saturated carbocycles. The normalized spacial score (nSPS) is 18.4. The Morgan fingerprint density at radius 1 is 1.20 bits per heavy atom. The van der Waals surface area contributed by atoms with Crippen molar-refractivity contribution in [2.45, 2.75) is 38.7 Å². The molecule has 0 radical (unpaired) electrons. The van der Waals surface area contributed by atoms with Gasteiger partial charge in [0.15, 0.2) is 6.61 Å². The van der Waals surface area contributed by atoms with Crippen LogP contribution in [-0.4, -0.2) is 53.2 Å². The lowest BCUT2D eigenvalue weighted by Gasteiger charge is -2.31. The highest BCUT2D eigenvalue weighted by Crippen LogP contribution is 2.43. The van der Waals surface area contributed by atoms with Crippen LogP contribution in [0.25, 0.3) is 11.4 Å². The highest BCUT2D eigenvalue weighted by Gasteiger charge is 2.45. The molecule has 0 unspecified atom stereocenters. The summed E-state index contributed by atoms with van der Waals surface area (Å²) in [5, 5.41) is 4.49. The monoisotopic (exact) mass is 433 g/mol. The summed E-state index contributed by atoms with van der Waals surface area (Å²) < 4.78 is 16.0. The number of amides is 1. The molecule has 1 aromatic carbocycles. The van der Waals surface area contributed by atoms with E-state index < -0.39 is 5.41 Å².